The van der Waals surface area contributed by atoms with Gasteiger partial charge in [0, 0.05) is 35.9 Å². The Labute approximate surface area is 138 Å². The van der Waals surface area contributed by atoms with Crippen molar-refractivity contribution in [3.63, 3.8) is 0 Å². The number of carbonyl (C=O) groups excluding carboxylic acids is 1. The van der Waals surface area contributed by atoms with E-state index < -0.39 is 0 Å². The molecule has 1 aromatic carbocycles. The zero-order chi connectivity index (χ0) is 16.2. The van der Waals surface area contributed by atoms with Crippen molar-refractivity contribution in [3.05, 3.63) is 65.1 Å². The number of ether oxygens (including phenoxy) is 1. The molecule has 0 saturated heterocycles. The average Bonchev–Trinajstić information content (AvgIpc) is 2.97. The van der Waals surface area contributed by atoms with Crippen LogP contribution < -0.4 is 10.1 Å². The fourth-order valence-corrected chi connectivity index (χ4v) is 2.54. The van der Waals surface area contributed by atoms with Crippen molar-refractivity contribution in [2.24, 2.45) is 0 Å². The number of nitrogens with zero attached hydrogens (tertiary/aromatic N) is 2. The van der Waals surface area contributed by atoms with E-state index in [1.54, 1.807) is 31.4 Å². The molecule has 2 heterocycles. The first-order valence-electron chi connectivity index (χ1n) is 7.22. The molecule has 0 spiro atoms. The maximum atomic E-state index is 12.0. The van der Waals surface area contributed by atoms with Gasteiger partial charge in [0.1, 0.15) is 0 Å². The van der Waals surface area contributed by atoms with Gasteiger partial charge < -0.3 is 14.5 Å². The largest absolute Gasteiger partial charge is 0.493 e. The Morgan fingerprint density at radius 1 is 1.35 bits per heavy atom. The summed E-state index contributed by atoms with van der Waals surface area (Å²) in [6.07, 6.45) is 4.49. The quantitative estimate of drug-likeness (QED) is 0.783. The van der Waals surface area contributed by atoms with E-state index in [1.807, 2.05) is 28.9 Å². The first-order valence-corrected chi connectivity index (χ1v) is 7.59. The molecule has 0 fully saturated rings. The fourth-order valence-electron chi connectivity index (χ4n) is 2.35. The maximum Gasteiger partial charge on any atom is 0.251 e. The highest BCUT2D eigenvalue weighted by Gasteiger charge is 2.08. The van der Waals surface area contributed by atoms with Gasteiger partial charge in [-0.2, -0.15) is 0 Å². The average molecular weight is 330 g/mol. The number of pyridine rings is 1. The Balaban J connectivity index is 1.64. The number of hydrogen-bond donors (Lipinski definition) is 1. The number of imidazole rings is 1. The van der Waals surface area contributed by atoms with Gasteiger partial charge in [0.05, 0.1) is 12.8 Å². The standard InChI is InChI=1S/C17H16ClN3O2/c1-23-15-6-3-9-21-11-14(20-16(15)21)7-8-19-17(22)12-4-2-5-13(18)10-12/h2-6,9-11H,7-8H2,1H3,(H,19,22). The lowest BCUT2D eigenvalue weighted by molar-refractivity contribution is 0.0954. The Morgan fingerprint density at radius 3 is 3.00 bits per heavy atom. The summed E-state index contributed by atoms with van der Waals surface area (Å²) in [5, 5.41) is 3.42. The van der Waals surface area contributed by atoms with Gasteiger partial charge in [-0.25, -0.2) is 4.98 Å². The van der Waals surface area contributed by atoms with Crippen LogP contribution in [0.3, 0.4) is 0 Å². The molecule has 1 amide bonds. The minimum atomic E-state index is -0.145. The molecule has 1 N–H and O–H groups in total. The Morgan fingerprint density at radius 2 is 2.22 bits per heavy atom. The van der Waals surface area contributed by atoms with E-state index in [0.717, 1.165) is 17.1 Å². The van der Waals surface area contributed by atoms with Gasteiger partial charge in [-0.3, -0.25) is 4.79 Å². The van der Waals surface area contributed by atoms with Crippen molar-refractivity contribution >= 4 is 23.2 Å². The van der Waals surface area contributed by atoms with Crippen LogP contribution in [0.4, 0.5) is 0 Å². The Hall–Kier alpha value is -2.53. The molecule has 3 aromatic rings. The van der Waals surface area contributed by atoms with Crippen LogP contribution in [-0.2, 0) is 6.42 Å². The van der Waals surface area contributed by atoms with Gasteiger partial charge in [0.15, 0.2) is 11.4 Å². The SMILES string of the molecule is COc1cccn2cc(CCNC(=O)c3cccc(Cl)c3)nc12. The van der Waals surface area contributed by atoms with Gasteiger partial charge in [0.2, 0.25) is 0 Å². The second-order valence-electron chi connectivity index (χ2n) is 5.06. The van der Waals surface area contributed by atoms with E-state index in [0.29, 0.717) is 23.6 Å². The van der Waals surface area contributed by atoms with Crippen LogP contribution in [0.1, 0.15) is 16.1 Å². The second kappa shape index (κ2) is 6.71. The predicted molar refractivity (Wildman–Crippen MR) is 89.2 cm³/mol. The lowest BCUT2D eigenvalue weighted by Gasteiger charge is -2.04. The number of benzene rings is 1. The number of methoxy groups -OCH3 is 1. The summed E-state index contributed by atoms with van der Waals surface area (Å²) in [5.74, 6) is 0.579. The molecule has 23 heavy (non-hydrogen) atoms. The lowest BCUT2D eigenvalue weighted by atomic mass is 10.2. The third-order valence-electron chi connectivity index (χ3n) is 3.47. The summed E-state index contributed by atoms with van der Waals surface area (Å²) in [6.45, 7) is 0.498. The van der Waals surface area contributed by atoms with Gasteiger partial charge in [-0.05, 0) is 30.3 Å². The molecular weight excluding hydrogens is 314 g/mol. The van der Waals surface area contributed by atoms with E-state index >= 15 is 0 Å². The van der Waals surface area contributed by atoms with Crippen LogP contribution >= 0.6 is 11.6 Å². The molecule has 0 bridgehead atoms. The van der Waals surface area contributed by atoms with Crippen LogP contribution in [0.2, 0.25) is 5.02 Å². The van der Waals surface area contributed by atoms with E-state index in [-0.39, 0.29) is 5.91 Å². The molecule has 118 valence electrons. The second-order valence-corrected chi connectivity index (χ2v) is 5.49. The number of nitrogens with one attached hydrogen (secondary N) is 1. The summed E-state index contributed by atoms with van der Waals surface area (Å²) in [4.78, 5) is 16.6. The minimum Gasteiger partial charge on any atom is -0.493 e. The molecule has 0 atom stereocenters. The molecule has 0 radical (unpaired) electrons. The van der Waals surface area contributed by atoms with Crippen molar-refractivity contribution in [2.75, 3.05) is 13.7 Å². The van der Waals surface area contributed by atoms with Crippen LogP contribution in [0.5, 0.6) is 5.75 Å². The van der Waals surface area contributed by atoms with Crippen LogP contribution in [0.25, 0.3) is 5.65 Å². The summed E-state index contributed by atoms with van der Waals surface area (Å²) in [5.41, 5.74) is 2.21. The number of halogens is 1. The summed E-state index contributed by atoms with van der Waals surface area (Å²) in [7, 11) is 1.62. The molecule has 2 aromatic heterocycles. The zero-order valence-electron chi connectivity index (χ0n) is 12.6. The van der Waals surface area contributed by atoms with E-state index in [1.165, 1.54) is 0 Å². The first kappa shape index (κ1) is 15.4. The highest BCUT2D eigenvalue weighted by molar-refractivity contribution is 6.30. The molecular formula is C17H16ClN3O2. The first-order chi connectivity index (χ1) is 11.2. The fraction of sp³-hybridized carbons (Fsp3) is 0.176. The monoisotopic (exact) mass is 329 g/mol. The number of fused-ring (bicyclic) bond motifs is 1. The van der Waals surface area contributed by atoms with Crippen LogP contribution in [0, 0.1) is 0 Å². The van der Waals surface area contributed by atoms with Crippen molar-refractivity contribution in [1.29, 1.82) is 0 Å². The lowest BCUT2D eigenvalue weighted by Crippen LogP contribution is -2.25. The molecule has 0 saturated carbocycles. The highest BCUT2D eigenvalue weighted by atomic mass is 35.5. The number of carbonyl (C=O) groups is 1. The molecule has 0 aliphatic heterocycles. The van der Waals surface area contributed by atoms with Crippen LogP contribution in [-0.4, -0.2) is 28.9 Å². The number of rotatable bonds is 5. The highest BCUT2D eigenvalue weighted by Crippen LogP contribution is 2.18. The van der Waals surface area contributed by atoms with Gasteiger partial charge >= 0.3 is 0 Å². The third-order valence-corrected chi connectivity index (χ3v) is 3.71. The van der Waals surface area contributed by atoms with Crippen molar-refractivity contribution in [1.82, 2.24) is 14.7 Å². The molecule has 3 rings (SSSR count). The third kappa shape index (κ3) is 3.46. The van der Waals surface area contributed by atoms with Crippen LogP contribution in [0.15, 0.2) is 48.8 Å². The minimum absolute atomic E-state index is 0.145. The summed E-state index contributed by atoms with van der Waals surface area (Å²) >= 11 is 5.89. The smallest absolute Gasteiger partial charge is 0.251 e. The zero-order valence-corrected chi connectivity index (χ0v) is 13.4. The number of amides is 1. The number of hydrogen-bond acceptors (Lipinski definition) is 3. The van der Waals surface area contributed by atoms with E-state index in [4.69, 9.17) is 16.3 Å². The van der Waals surface area contributed by atoms with Gasteiger partial charge in [-0.15, -0.1) is 0 Å². The molecule has 6 heteroatoms. The Kier molecular flexibility index (Phi) is 4.48. The van der Waals surface area contributed by atoms with Gasteiger partial charge in [0.25, 0.3) is 5.91 Å². The molecule has 0 aliphatic rings. The van der Waals surface area contributed by atoms with E-state index in [2.05, 4.69) is 10.3 Å². The van der Waals surface area contributed by atoms with Crippen molar-refractivity contribution in [2.45, 2.75) is 6.42 Å². The normalized spacial score (nSPS) is 10.7. The van der Waals surface area contributed by atoms with Gasteiger partial charge in [-0.1, -0.05) is 17.7 Å². The summed E-state index contributed by atoms with van der Waals surface area (Å²) < 4.78 is 7.20. The van der Waals surface area contributed by atoms with Crippen molar-refractivity contribution < 1.29 is 9.53 Å². The molecule has 5 nitrogen and oxygen atoms in total. The Bertz CT molecular complexity index is 845. The topological polar surface area (TPSA) is 55.6 Å². The van der Waals surface area contributed by atoms with E-state index in [9.17, 15) is 4.79 Å². The predicted octanol–water partition coefficient (Wildman–Crippen LogP) is 2.97. The molecule has 0 aliphatic carbocycles. The summed E-state index contributed by atoms with van der Waals surface area (Å²) in [6, 6.07) is 10.6. The molecule has 0 unspecified atom stereocenters. The van der Waals surface area contributed by atoms with Crippen molar-refractivity contribution in [3.8, 4) is 5.75 Å². The number of aromatic nitrogens is 2. The maximum absolute atomic E-state index is 12.0.